The highest BCUT2D eigenvalue weighted by molar-refractivity contribution is 9.09. The van der Waals surface area contributed by atoms with Crippen molar-refractivity contribution in [1.29, 1.82) is 0 Å². The third-order valence-electron chi connectivity index (χ3n) is 3.20. The first kappa shape index (κ1) is 14.4. The number of sulfonamides is 1. The lowest BCUT2D eigenvalue weighted by Crippen LogP contribution is -2.31. The lowest BCUT2D eigenvalue weighted by Gasteiger charge is -2.25. The van der Waals surface area contributed by atoms with Crippen LogP contribution in [0.1, 0.15) is 30.7 Å². The molecular formula is C11H17BrN2O2S2. The Morgan fingerprint density at radius 3 is 2.67 bits per heavy atom. The number of halogens is 1. The van der Waals surface area contributed by atoms with Crippen molar-refractivity contribution in [3.05, 3.63) is 11.2 Å². The van der Waals surface area contributed by atoms with E-state index in [1.54, 1.807) is 6.92 Å². The molecule has 4 nitrogen and oxygen atoms in total. The number of rotatable bonds is 4. The highest BCUT2D eigenvalue weighted by Crippen LogP contribution is 2.28. The second kappa shape index (κ2) is 5.98. The van der Waals surface area contributed by atoms with Crippen molar-refractivity contribution in [2.45, 2.75) is 41.6 Å². The van der Waals surface area contributed by atoms with Gasteiger partial charge in [0.05, 0.1) is 11.2 Å². The average Bonchev–Trinajstić information content (AvgIpc) is 2.76. The van der Waals surface area contributed by atoms with Crippen LogP contribution in [-0.2, 0) is 10.0 Å². The Morgan fingerprint density at radius 2 is 2.11 bits per heavy atom. The lowest BCUT2D eigenvalue weighted by molar-refractivity contribution is 0.366. The van der Waals surface area contributed by atoms with Crippen LogP contribution in [0.4, 0.5) is 0 Å². The van der Waals surface area contributed by atoms with E-state index >= 15 is 0 Å². The highest BCUT2D eigenvalue weighted by Gasteiger charge is 2.22. The van der Waals surface area contributed by atoms with Gasteiger partial charge in [-0.25, -0.2) is 18.1 Å². The fraction of sp³-hybridized carbons (Fsp3) is 0.727. The standard InChI is InChI=1S/C11H17BrN2O2S2/c1-8-13-7-11(17-8)18(15,16)14-6-9-2-4-10(12)5-3-9/h7,9-10,14H,2-6H2,1H3. The molecule has 1 aromatic rings. The summed E-state index contributed by atoms with van der Waals surface area (Å²) >= 11 is 4.81. The Hall–Kier alpha value is 0.0200. The van der Waals surface area contributed by atoms with Crippen molar-refractivity contribution in [1.82, 2.24) is 9.71 Å². The van der Waals surface area contributed by atoms with Gasteiger partial charge in [-0.1, -0.05) is 15.9 Å². The highest BCUT2D eigenvalue weighted by atomic mass is 79.9. The number of hydrogen-bond acceptors (Lipinski definition) is 4. The fourth-order valence-corrected chi connectivity index (χ4v) is 4.89. The van der Waals surface area contributed by atoms with Gasteiger partial charge < -0.3 is 0 Å². The van der Waals surface area contributed by atoms with Crippen molar-refractivity contribution in [2.24, 2.45) is 5.92 Å². The minimum atomic E-state index is -3.36. The van der Waals surface area contributed by atoms with Crippen molar-refractivity contribution in [3.8, 4) is 0 Å². The molecule has 0 amide bonds. The van der Waals surface area contributed by atoms with Crippen LogP contribution < -0.4 is 4.72 Å². The molecule has 1 aliphatic carbocycles. The monoisotopic (exact) mass is 352 g/mol. The van der Waals surface area contributed by atoms with Gasteiger partial charge in [0.1, 0.15) is 0 Å². The molecule has 0 radical (unpaired) electrons. The fourth-order valence-electron chi connectivity index (χ4n) is 2.09. The minimum Gasteiger partial charge on any atom is -0.249 e. The number of nitrogens with zero attached hydrogens (tertiary/aromatic N) is 1. The molecule has 7 heteroatoms. The molecule has 0 bridgehead atoms. The van der Waals surface area contributed by atoms with Gasteiger partial charge in [0.25, 0.3) is 10.0 Å². The first-order valence-corrected chi connectivity index (χ1v) is 9.25. The molecule has 1 aliphatic rings. The van der Waals surface area contributed by atoms with E-state index in [9.17, 15) is 8.42 Å². The van der Waals surface area contributed by atoms with Crippen molar-refractivity contribution < 1.29 is 8.42 Å². The van der Waals surface area contributed by atoms with Crippen LogP contribution in [0, 0.1) is 12.8 Å². The van der Waals surface area contributed by atoms with E-state index in [1.807, 2.05) is 0 Å². The summed E-state index contributed by atoms with van der Waals surface area (Å²) in [5.41, 5.74) is 0. The van der Waals surface area contributed by atoms with Crippen LogP contribution in [-0.4, -0.2) is 24.8 Å². The van der Waals surface area contributed by atoms with Gasteiger partial charge in [0.15, 0.2) is 4.21 Å². The van der Waals surface area contributed by atoms with Crippen LogP contribution in [0.3, 0.4) is 0 Å². The molecule has 1 saturated carbocycles. The molecule has 0 aromatic carbocycles. The number of aryl methyl sites for hydroxylation is 1. The molecular weight excluding hydrogens is 336 g/mol. The van der Waals surface area contributed by atoms with Crippen LogP contribution in [0.25, 0.3) is 0 Å². The third kappa shape index (κ3) is 3.76. The van der Waals surface area contributed by atoms with Gasteiger partial charge in [-0.15, -0.1) is 11.3 Å². The Labute approximate surface area is 120 Å². The molecule has 0 spiro atoms. The zero-order valence-corrected chi connectivity index (χ0v) is 13.4. The maximum absolute atomic E-state index is 12.0. The topological polar surface area (TPSA) is 59.1 Å². The summed E-state index contributed by atoms with van der Waals surface area (Å²) in [6, 6.07) is 0. The molecule has 0 atom stereocenters. The molecule has 0 unspecified atom stereocenters. The molecule has 1 heterocycles. The lowest BCUT2D eigenvalue weighted by atomic mass is 9.89. The van der Waals surface area contributed by atoms with E-state index in [0.717, 1.165) is 30.7 Å². The number of alkyl halides is 1. The number of aromatic nitrogens is 1. The molecule has 18 heavy (non-hydrogen) atoms. The molecule has 2 rings (SSSR count). The smallest absolute Gasteiger partial charge is 0.249 e. The molecule has 102 valence electrons. The SMILES string of the molecule is Cc1ncc(S(=O)(=O)NCC2CCC(Br)CC2)s1. The van der Waals surface area contributed by atoms with E-state index in [0.29, 0.717) is 21.5 Å². The Balaban J connectivity index is 1.90. The van der Waals surface area contributed by atoms with Crippen molar-refractivity contribution in [2.75, 3.05) is 6.54 Å². The van der Waals surface area contributed by atoms with Crippen LogP contribution in [0.5, 0.6) is 0 Å². The van der Waals surface area contributed by atoms with Crippen LogP contribution in [0.15, 0.2) is 10.4 Å². The van der Waals surface area contributed by atoms with Crippen molar-refractivity contribution in [3.63, 3.8) is 0 Å². The summed E-state index contributed by atoms with van der Waals surface area (Å²) in [6.07, 6.45) is 5.86. The van der Waals surface area contributed by atoms with Crippen LogP contribution >= 0.6 is 27.3 Å². The van der Waals surface area contributed by atoms with E-state index < -0.39 is 10.0 Å². The van der Waals surface area contributed by atoms with Crippen molar-refractivity contribution >= 4 is 37.3 Å². The average molecular weight is 353 g/mol. The molecule has 0 saturated heterocycles. The number of thiazole rings is 1. The van der Waals surface area contributed by atoms with Gasteiger partial charge in [0.2, 0.25) is 0 Å². The normalized spacial score (nSPS) is 25.2. The van der Waals surface area contributed by atoms with E-state index in [-0.39, 0.29) is 0 Å². The van der Waals surface area contributed by atoms with Gasteiger partial charge in [-0.2, -0.15) is 0 Å². The zero-order chi connectivity index (χ0) is 13.2. The van der Waals surface area contributed by atoms with Gasteiger partial charge in [-0.05, 0) is 38.5 Å². The first-order chi connectivity index (χ1) is 8.47. The summed E-state index contributed by atoms with van der Waals surface area (Å²) in [7, 11) is -3.36. The van der Waals surface area contributed by atoms with Gasteiger partial charge in [0, 0.05) is 11.4 Å². The number of hydrogen-bond donors (Lipinski definition) is 1. The Kier molecular flexibility index (Phi) is 4.80. The summed E-state index contributed by atoms with van der Waals surface area (Å²) < 4.78 is 27.0. The molecule has 1 N–H and O–H groups in total. The summed E-state index contributed by atoms with van der Waals surface area (Å²) in [5, 5.41) is 0.773. The molecule has 1 aromatic heterocycles. The summed E-state index contributed by atoms with van der Waals surface area (Å²) in [6.45, 7) is 2.35. The first-order valence-electron chi connectivity index (χ1n) is 6.03. The predicted molar refractivity (Wildman–Crippen MR) is 76.7 cm³/mol. The zero-order valence-electron chi connectivity index (χ0n) is 10.2. The van der Waals surface area contributed by atoms with E-state index in [4.69, 9.17) is 0 Å². The quantitative estimate of drug-likeness (QED) is 0.847. The summed E-state index contributed by atoms with van der Waals surface area (Å²) in [5.74, 6) is 0.461. The van der Waals surface area contributed by atoms with E-state index in [2.05, 4.69) is 25.6 Å². The Bertz CT molecular complexity index is 493. The Morgan fingerprint density at radius 1 is 1.44 bits per heavy atom. The largest absolute Gasteiger partial charge is 0.251 e. The second-order valence-electron chi connectivity index (χ2n) is 4.67. The molecule has 0 aliphatic heterocycles. The van der Waals surface area contributed by atoms with Gasteiger partial charge in [-0.3, -0.25) is 0 Å². The third-order valence-corrected chi connectivity index (χ3v) is 6.92. The summed E-state index contributed by atoms with van der Waals surface area (Å²) in [4.78, 5) is 4.59. The molecule has 1 fully saturated rings. The van der Waals surface area contributed by atoms with E-state index in [1.165, 1.54) is 17.5 Å². The maximum Gasteiger partial charge on any atom is 0.251 e. The van der Waals surface area contributed by atoms with Crippen LogP contribution in [0.2, 0.25) is 0 Å². The predicted octanol–water partition coefficient (Wildman–Crippen LogP) is 2.68. The van der Waals surface area contributed by atoms with Gasteiger partial charge >= 0.3 is 0 Å². The minimum absolute atomic E-state index is 0.314. The second-order valence-corrected chi connectivity index (χ2v) is 9.19. The number of nitrogens with one attached hydrogen (secondary N) is 1. The maximum atomic E-state index is 12.0.